The van der Waals surface area contributed by atoms with Gasteiger partial charge in [-0.15, -0.1) is 0 Å². The average molecular weight is 335 g/mol. The monoisotopic (exact) mass is 334 g/mol. The number of rotatable bonds is 4. The van der Waals surface area contributed by atoms with Gasteiger partial charge in [0.1, 0.15) is 16.3 Å². The third kappa shape index (κ3) is 2.63. The summed E-state index contributed by atoms with van der Waals surface area (Å²) < 4.78 is 29.8. The molecule has 0 bridgehead atoms. The van der Waals surface area contributed by atoms with Gasteiger partial charge in [0.05, 0.1) is 12.8 Å². The maximum absolute atomic E-state index is 11.6. The van der Waals surface area contributed by atoms with Crippen molar-refractivity contribution >= 4 is 31.3 Å². The summed E-state index contributed by atoms with van der Waals surface area (Å²) in [4.78, 5) is -0.158. The van der Waals surface area contributed by atoms with Crippen molar-refractivity contribution < 1.29 is 13.2 Å². The Kier molecular flexibility index (Phi) is 4.27. The number of benzene rings is 1. The maximum atomic E-state index is 11.6. The lowest BCUT2D eigenvalue weighted by Crippen LogP contribution is -2.00. The van der Waals surface area contributed by atoms with E-state index >= 15 is 0 Å². The Labute approximate surface area is 126 Å². The van der Waals surface area contributed by atoms with Crippen LogP contribution >= 0.6 is 22.3 Å². The smallest absolute Gasteiger partial charge is 0.266 e. The zero-order chi connectivity index (χ0) is 14.9. The van der Waals surface area contributed by atoms with Crippen molar-refractivity contribution in [1.82, 2.24) is 9.78 Å². The first kappa shape index (κ1) is 15.2. The molecule has 0 atom stereocenters. The van der Waals surface area contributed by atoms with Crippen molar-refractivity contribution in [2.75, 3.05) is 7.11 Å². The topological polar surface area (TPSA) is 61.2 Å². The van der Waals surface area contributed by atoms with Crippen LogP contribution in [-0.4, -0.2) is 25.3 Å². The summed E-state index contributed by atoms with van der Waals surface area (Å²) in [5, 5.41) is 4.16. The lowest BCUT2D eigenvalue weighted by molar-refractivity contribution is 0.411. The molecule has 108 valence electrons. The first-order chi connectivity index (χ1) is 9.40. The van der Waals surface area contributed by atoms with Crippen molar-refractivity contribution in [3.63, 3.8) is 0 Å². The molecule has 0 aliphatic heterocycles. The number of hydrogen-bond donors (Lipinski definition) is 0. The van der Waals surface area contributed by atoms with E-state index in [2.05, 4.69) is 5.10 Å². The highest BCUT2D eigenvalue weighted by Gasteiger charge is 2.26. The summed E-state index contributed by atoms with van der Waals surface area (Å²) >= 11 is 6.14. The van der Waals surface area contributed by atoms with Gasteiger partial charge in [-0.3, -0.25) is 0 Å². The molecule has 0 spiro atoms. The highest BCUT2D eigenvalue weighted by Crippen LogP contribution is 2.33. The Balaban J connectivity index is 2.74. The van der Waals surface area contributed by atoms with E-state index in [0.717, 1.165) is 0 Å². The molecule has 8 heteroatoms. The third-order valence-corrected chi connectivity index (χ3v) is 4.59. The first-order valence-electron chi connectivity index (χ1n) is 5.75. The van der Waals surface area contributed by atoms with Crippen LogP contribution in [0.4, 0.5) is 0 Å². The molecule has 2 rings (SSSR count). The first-order valence-corrected chi connectivity index (χ1v) is 8.44. The standard InChI is InChI=1S/C12H12Cl2N2O3S/c1-3-8-11(20(14,17)18)12(13)16(15-8)9-6-4-5-7-10(9)19-2/h4-7H,3H2,1-2H3. The Bertz CT molecular complexity index is 741. The largest absolute Gasteiger partial charge is 0.494 e. The summed E-state index contributed by atoms with van der Waals surface area (Å²) in [5.74, 6) is 0.526. The third-order valence-electron chi connectivity index (χ3n) is 2.75. The number of hydrogen-bond acceptors (Lipinski definition) is 4. The molecule has 2 aromatic rings. The fourth-order valence-electron chi connectivity index (χ4n) is 1.86. The van der Waals surface area contributed by atoms with Crippen molar-refractivity contribution in [1.29, 1.82) is 0 Å². The number of aromatic nitrogens is 2. The van der Waals surface area contributed by atoms with Crippen molar-refractivity contribution in [3.05, 3.63) is 35.1 Å². The van der Waals surface area contributed by atoms with E-state index in [-0.39, 0.29) is 10.0 Å². The van der Waals surface area contributed by atoms with Gasteiger partial charge in [0.2, 0.25) is 0 Å². The quantitative estimate of drug-likeness (QED) is 0.806. The van der Waals surface area contributed by atoms with E-state index in [0.29, 0.717) is 23.6 Å². The molecule has 0 saturated heterocycles. The molecule has 0 aliphatic carbocycles. The fraction of sp³-hybridized carbons (Fsp3) is 0.250. The van der Waals surface area contributed by atoms with E-state index in [1.165, 1.54) is 11.8 Å². The normalized spacial score (nSPS) is 11.6. The van der Waals surface area contributed by atoms with Gasteiger partial charge in [-0.1, -0.05) is 30.7 Å². The number of para-hydroxylation sites is 2. The van der Waals surface area contributed by atoms with Crippen LogP contribution in [-0.2, 0) is 15.5 Å². The van der Waals surface area contributed by atoms with Crippen LogP contribution in [0.2, 0.25) is 5.15 Å². The van der Waals surface area contributed by atoms with Gasteiger partial charge < -0.3 is 4.74 Å². The maximum Gasteiger partial charge on any atom is 0.266 e. The van der Waals surface area contributed by atoms with E-state index in [1.807, 2.05) is 0 Å². The van der Waals surface area contributed by atoms with Gasteiger partial charge >= 0.3 is 0 Å². The Morgan fingerprint density at radius 1 is 1.35 bits per heavy atom. The molecule has 0 N–H and O–H groups in total. The summed E-state index contributed by atoms with van der Waals surface area (Å²) in [5.41, 5.74) is 0.858. The van der Waals surface area contributed by atoms with E-state index in [1.54, 1.807) is 31.2 Å². The minimum absolute atomic E-state index is 0.0543. The molecule has 0 unspecified atom stereocenters. The molecule has 1 heterocycles. The Morgan fingerprint density at radius 2 is 2.00 bits per heavy atom. The van der Waals surface area contributed by atoms with Crippen LogP contribution in [0, 0.1) is 0 Å². The van der Waals surface area contributed by atoms with Crippen LogP contribution in [0.15, 0.2) is 29.2 Å². The highest BCUT2D eigenvalue weighted by atomic mass is 35.7. The van der Waals surface area contributed by atoms with E-state index in [4.69, 9.17) is 27.0 Å². The SMILES string of the molecule is CCc1nn(-c2ccccc2OC)c(Cl)c1S(=O)(=O)Cl. The highest BCUT2D eigenvalue weighted by molar-refractivity contribution is 8.13. The number of ether oxygens (including phenoxy) is 1. The van der Waals surface area contributed by atoms with Gasteiger partial charge in [-0.25, -0.2) is 13.1 Å². The summed E-state index contributed by atoms with van der Waals surface area (Å²) in [6.07, 6.45) is 0.392. The summed E-state index contributed by atoms with van der Waals surface area (Å²) in [6, 6.07) is 7.02. The van der Waals surface area contributed by atoms with Crippen molar-refractivity contribution in [3.8, 4) is 11.4 Å². The van der Waals surface area contributed by atoms with Crippen LogP contribution in [0.3, 0.4) is 0 Å². The molecule has 0 saturated carbocycles. The Hall–Kier alpha value is -1.24. The van der Waals surface area contributed by atoms with Crippen LogP contribution in [0.25, 0.3) is 5.69 Å². The molecule has 1 aromatic carbocycles. The molecule has 0 fully saturated rings. The lowest BCUT2D eigenvalue weighted by atomic mass is 10.3. The van der Waals surface area contributed by atoms with Crippen molar-refractivity contribution in [2.45, 2.75) is 18.2 Å². The van der Waals surface area contributed by atoms with Gasteiger partial charge in [-0.05, 0) is 18.6 Å². The van der Waals surface area contributed by atoms with Crippen LogP contribution in [0.5, 0.6) is 5.75 Å². The zero-order valence-corrected chi connectivity index (χ0v) is 13.1. The number of aryl methyl sites for hydroxylation is 1. The molecule has 0 aliphatic rings. The molecule has 0 amide bonds. The van der Waals surface area contributed by atoms with Gasteiger partial charge in [0, 0.05) is 10.7 Å². The van der Waals surface area contributed by atoms with Gasteiger partial charge in [0.25, 0.3) is 9.05 Å². The second kappa shape index (κ2) is 5.63. The van der Waals surface area contributed by atoms with Gasteiger partial charge in [0.15, 0.2) is 5.15 Å². The number of halogens is 2. The molecule has 20 heavy (non-hydrogen) atoms. The van der Waals surface area contributed by atoms with Crippen LogP contribution < -0.4 is 4.74 Å². The molecular formula is C12H12Cl2N2O3S. The average Bonchev–Trinajstić information content (AvgIpc) is 2.75. The van der Waals surface area contributed by atoms with Crippen molar-refractivity contribution in [2.24, 2.45) is 0 Å². The minimum Gasteiger partial charge on any atom is -0.494 e. The number of methoxy groups -OCH3 is 1. The van der Waals surface area contributed by atoms with Gasteiger partial charge in [-0.2, -0.15) is 5.10 Å². The second-order valence-electron chi connectivity index (χ2n) is 3.94. The zero-order valence-electron chi connectivity index (χ0n) is 10.8. The predicted molar refractivity (Wildman–Crippen MR) is 77.5 cm³/mol. The molecular weight excluding hydrogens is 323 g/mol. The van der Waals surface area contributed by atoms with Crippen LogP contribution in [0.1, 0.15) is 12.6 Å². The lowest BCUT2D eigenvalue weighted by Gasteiger charge is -2.08. The molecule has 5 nitrogen and oxygen atoms in total. The van der Waals surface area contributed by atoms with E-state index in [9.17, 15) is 8.42 Å². The predicted octanol–water partition coefficient (Wildman–Crippen LogP) is 3.02. The van der Waals surface area contributed by atoms with E-state index < -0.39 is 9.05 Å². The number of nitrogens with zero attached hydrogens (tertiary/aromatic N) is 2. The molecule has 0 radical (unpaired) electrons. The second-order valence-corrected chi connectivity index (χ2v) is 6.80. The molecule has 1 aromatic heterocycles. The summed E-state index contributed by atoms with van der Waals surface area (Å²) in [7, 11) is 2.97. The Morgan fingerprint density at radius 3 is 2.50 bits per heavy atom. The fourth-order valence-corrected chi connectivity index (χ4v) is 3.76. The minimum atomic E-state index is -3.97. The summed E-state index contributed by atoms with van der Waals surface area (Å²) in [6.45, 7) is 1.77.